The van der Waals surface area contributed by atoms with E-state index in [-0.39, 0.29) is 57.7 Å². The lowest BCUT2D eigenvalue weighted by molar-refractivity contribution is -0.239. The second-order valence-electron chi connectivity index (χ2n) is 32.3. The fraction of sp³-hybridized carbons (Fsp3) is 0.637. The molecule has 0 amide bonds. The highest BCUT2D eigenvalue weighted by Gasteiger charge is 2.64. The van der Waals surface area contributed by atoms with Gasteiger partial charge in [0, 0.05) is 27.7 Å². The molecule has 1 N–H and O–H groups in total. The van der Waals surface area contributed by atoms with Gasteiger partial charge in [-0.1, -0.05) is 96.1 Å². The Hall–Kier alpha value is -6.05. The molecule has 10 rings (SSSR count). The van der Waals surface area contributed by atoms with Crippen LogP contribution in [0, 0.1) is 38.9 Å². The number of hydrogen-bond acceptors (Lipinski definition) is 14. The molecule has 19 heteroatoms. The molecule has 552 valence electrons. The zero-order valence-electron chi connectivity index (χ0n) is 62.6. The van der Waals surface area contributed by atoms with Crippen LogP contribution in [0.1, 0.15) is 252 Å². The molecule has 0 spiro atoms. The van der Waals surface area contributed by atoms with Gasteiger partial charge in [-0.15, -0.1) is 0 Å². The molecule has 0 radical (unpaired) electrons. The summed E-state index contributed by atoms with van der Waals surface area (Å²) < 4.78 is 103. The molecule has 4 atom stereocenters. The molecular formula is C80H115F3O14S2. The molecule has 0 aliphatic heterocycles. The quantitative estimate of drug-likeness (QED) is 0.0296. The van der Waals surface area contributed by atoms with Crippen molar-refractivity contribution in [3.63, 3.8) is 0 Å². The number of fused-ring (bicyclic) bond motifs is 3. The van der Waals surface area contributed by atoms with Gasteiger partial charge in [-0.2, -0.15) is 13.2 Å². The van der Waals surface area contributed by atoms with Crippen molar-refractivity contribution in [2.75, 3.05) is 5.75 Å². The highest BCUT2D eigenvalue weighted by Crippen LogP contribution is 2.64. The van der Waals surface area contributed by atoms with Crippen LogP contribution >= 0.6 is 10.5 Å². The van der Waals surface area contributed by atoms with Crippen molar-refractivity contribution >= 4 is 70.6 Å². The van der Waals surface area contributed by atoms with Crippen LogP contribution in [0.2, 0.25) is 0 Å². The van der Waals surface area contributed by atoms with E-state index < -0.39 is 78.6 Å². The highest BCUT2D eigenvalue weighted by atomic mass is 32.2. The van der Waals surface area contributed by atoms with Crippen LogP contribution < -0.4 is 0 Å². The molecule has 5 saturated carbocycles. The highest BCUT2D eigenvalue weighted by molar-refractivity contribution is 7.85. The Balaban J connectivity index is 0.000000233. The summed E-state index contributed by atoms with van der Waals surface area (Å²) in [6.07, 6.45) is 4.00. The first-order valence-electron chi connectivity index (χ1n) is 35.6. The molecule has 5 aliphatic carbocycles. The molecule has 1 aromatic heterocycles. The summed E-state index contributed by atoms with van der Waals surface area (Å²) in [5.41, 5.74) is -4.31. The first kappa shape index (κ1) is 83.6. The number of aromatic hydroxyl groups is 1. The predicted octanol–water partition coefficient (Wildman–Crippen LogP) is 20.5. The van der Waals surface area contributed by atoms with Crippen LogP contribution in [0.25, 0.3) is 25.1 Å². The minimum atomic E-state index is -5.27. The Morgan fingerprint density at radius 1 is 0.586 bits per heavy atom. The van der Waals surface area contributed by atoms with Crippen LogP contribution in [0.5, 0.6) is 5.75 Å². The van der Waals surface area contributed by atoms with E-state index >= 15 is 0 Å². The van der Waals surface area contributed by atoms with Gasteiger partial charge in [-0.25, -0.2) is 8.42 Å². The number of alkyl halides is 3. The minimum Gasteiger partial charge on any atom is -0.748 e. The third-order valence-corrected chi connectivity index (χ3v) is 24.1. The SMILES string of the molecule is CCC(C)(C)C(=O)OC(C)(C)CCC(C)(C)OC(=O)C(C)(C)CC.CCC(C)(C)C(=O)OC1(C)CCCC1.CCC(C)(C)C(=O)OC12CC3CC(C1)CC(C(=O)OC(CS(=O)(=O)[O-])C(F)(F)F)(C3)C2.CCC(C)c1ccc(O)cc1.c1ccc(-[s+]2c3ccccc3c3ccccc32)cc1. The summed E-state index contributed by atoms with van der Waals surface area (Å²) in [6.45, 7) is 36.8. The number of rotatable bonds is 22. The fourth-order valence-electron chi connectivity index (χ4n) is 12.9. The number of carbonyl (C=O) groups excluding carboxylic acids is 5. The molecule has 4 unspecified atom stereocenters. The Bertz CT molecular complexity index is 3510. The van der Waals surface area contributed by atoms with Crippen molar-refractivity contribution in [3.05, 3.63) is 109 Å². The van der Waals surface area contributed by atoms with E-state index in [1.54, 1.807) is 26.0 Å². The standard InChI is InChI=1S/C20H29F3O7S.C20H38O4.C18H13S.C12H22O2.C10H14O/c1-4-17(2,3)15(24)30-19-8-12-5-13(9-19)7-18(6-12,11-19)16(25)29-14(20(21,22)23)10-31(26,27)28;1-11-17(3,4)15(21)23-19(7,8)13-14-20(9,10)24-16(22)18(5,6)12-2;1-2-8-14(9-3-1)19-17-12-6-4-10-15(17)16-11-5-7-13-18(16)19;1-5-11(2,3)10(13)14-12(4)8-6-7-9-12;1-3-8(2)9-4-6-10(11)7-5-9/h12-14H,4-11H2,1-3H3,(H,26,27,28);11-14H2,1-10H3;1-13H;5-9H2,1-4H3;4-8,11H,3H2,1-2H3/q;;+1;;/p-1. The van der Waals surface area contributed by atoms with Crippen molar-refractivity contribution < 1.29 is 78.9 Å². The maximum absolute atomic E-state index is 13.3. The van der Waals surface area contributed by atoms with Gasteiger partial charge in [0.15, 0.2) is 14.3 Å². The lowest BCUT2D eigenvalue weighted by atomic mass is 9.48. The maximum atomic E-state index is 13.3. The van der Waals surface area contributed by atoms with Gasteiger partial charge in [-0.3, -0.25) is 24.0 Å². The second-order valence-corrected chi connectivity index (χ2v) is 35.7. The minimum absolute atomic E-state index is 0.00100. The Labute approximate surface area is 591 Å². The van der Waals surface area contributed by atoms with Crippen molar-refractivity contribution in [2.24, 2.45) is 38.9 Å². The number of phenolic OH excluding ortho intramolecular Hbond substituents is 1. The summed E-state index contributed by atoms with van der Waals surface area (Å²) in [7, 11) is -5.21. The predicted molar refractivity (Wildman–Crippen MR) is 387 cm³/mol. The second kappa shape index (κ2) is 33.4. The lowest BCUT2D eigenvalue weighted by Gasteiger charge is -2.60. The van der Waals surface area contributed by atoms with Crippen LogP contribution in [-0.2, 0) is 57.8 Å². The smallest absolute Gasteiger partial charge is 0.426 e. The van der Waals surface area contributed by atoms with Crippen molar-refractivity contribution in [2.45, 2.75) is 281 Å². The van der Waals surface area contributed by atoms with Crippen LogP contribution in [0.3, 0.4) is 0 Å². The zero-order chi connectivity index (χ0) is 74.6. The molecule has 5 fully saturated rings. The van der Waals surface area contributed by atoms with Crippen molar-refractivity contribution in [3.8, 4) is 10.6 Å². The van der Waals surface area contributed by atoms with Gasteiger partial charge in [0.2, 0.25) is 6.10 Å². The normalized spacial score (nSPS) is 20.4. The molecule has 4 bridgehead atoms. The maximum Gasteiger partial charge on any atom is 0.426 e. The summed E-state index contributed by atoms with van der Waals surface area (Å²) in [4.78, 5) is 63.5. The van der Waals surface area contributed by atoms with E-state index in [1.807, 2.05) is 109 Å². The first-order chi connectivity index (χ1) is 45.7. The van der Waals surface area contributed by atoms with Crippen LogP contribution in [0.4, 0.5) is 13.2 Å². The number of ether oxygens (including phenoxy) is 5. The fourth-order valence-corrected chi connectivity index (χ4v) is 15.9. The van der Waals surface area contributed by atoms with Gasteiger partial charge >= 0.3 is 36.0 Å². The summed E-state index contributed by atoms with van der Waals surface area (Å²) in [5.74, 6) is -2.91. The third-order valence-electron chi connectivity index (χ3n) is 21.1. The largest absolute Gasteiger partial charge is 0.748 e. The Morgan fingerprint density at radius 2 is 0.990 bits per heavy atom. The summed E-state index contributed by atoms with van der Waals surface area (Å²) >= 11 is 0. The third kappa shape index (κ3) is 23.2. The Kier molecular flexibility index (Phi) is 28.2. The van der Waals surface area contributed by atoms with Gasteiger partial charge in [0.1, 0.15) is 28.2 Å². The molecule has 5 aliphatic rings. The lowest BCUT2D eigenvalue weighted by Crippen LogP contribution is -2.61. The van der Waals surface area contributed by atoms with Gasteiger partial charge in [0.25, 0.3) is 0 Å². The summed E-state index contributed by atoms with van der Waals surface area (Å²) in [6, 6.07) is 35.8. The monoisotopic (exact) mass is 1420 g/mol. The average Bonchev–Trinajstić information content (AvgIpc) is 1.44. The van der Waals surface area contributed by atoms with Gasteiger partial charge in [-0.05, 0) is 265 Å². The van der Waals surface area contributed by atoms with E-state index in [0.29, 0.717) is 56.6 Å². The number of hydrogen-bond donors (Lipinski definition) is 1. The molecule has 0 saturated heterocycles. The van der Waals surface area contributed by atoms with Crippen molar-refractivity contribution in [1.82, 2.24) is 0 Å². The number of phenols is 1. The van der Waals surface area contributed by atoms with E-state index in [9.17, 15) is 50.1 Å². The van der Waals surface area contributed by atoms with Gasteiger partial charge < -0.3 is 33.3 Å². The number of benzene rings is 4. The van der Waals surface area contributed by atoms with Crippen molar-refractivity contribution in [1.29, 1.82) is 0 Å². The number of carbonyl (C=O) groups is 5. The van der Waals surface area contributed by atoms with E-state index in [0.717, 1.165) is 44.9 Å². The first-order valence-corrected chi connectivity index (χ1v) is 38.4. The van der Waals surface area contributed by atoms with E-state index in [2.05, 4.69) is 104 Å². The van der Waals surface area contributed by atoms with Crippen LogP contribution in [0.15, 0.2) is 103 Å². The van der Waals surface area contributed by atoms with Crippen LogP contribution in [-0.4, -0.2) is 88.4 Å². The zero-order valence-corrected chi connectivity index (χ0v) is 64.2. The molecule has 4 aromatic carbocycles. The summed E-state index contributed by atoms with van der Waals surface area (Å²) in [5, 5.41) is 11.8. The number of esters is 5. The number of thiophene rings is 1. The molecular weight excluding hydrogens is 1310 g/mol. The molecule has 14 nitrogen and oxygen atoms in total. The molecule has 5 aromatic rings. The molecule has 1 heterocycles. The van der Waals surface area contributed by atoms with Gasteiger partial charge in [0.05, 0.1) is 42.9 Å². The van der Waals surface area contributed by atoms with E-state index in [4.69, 9.17) is 24.1 Å². The molecule has 99 heavy (non-hydrogen) atoms. The van der Waals surface area contributed by atoms with E-state index in [1.165, 1.54) is 43.5 Å². The Morgan fingerprint density at radius 3 is 1.39 bits per heavy atom. The number of halogens is 3. The topological polar surface area (TPSA) is 209 Å². The average molecular weight is 1420 g/mol.